The van der Waals surface area contributed by atoms with Crippen molar-refractivity contribution in [3.05, 3.63) is 0 Å². The van der Waals surface area contributed by atoms with Gasteiger partial charge in [0.1, 0.15) is 6.29 Å². The van der Waals surface area contributed by atoms with Gasteiger partial charge in [-0.2, -0.15) is 18.3 Å². The van der Waals surface area contributed by atoms with E-state index in [0.29, 0.717) is 58.8 Å². The van der Waals surface area contributed by atoms with Gasteiger partial charge in [0.15, 0.2) is 0 Å². The second-order valence-electron chi connectivity index (χ2n) is 8.03. The third-order valence-corrected chi connectivity index (χ3v) is 5.81. The van der Waals surface area contributed by atoms with E-state index >= 15 is 0 Å². The maximum Gasteiger partial charge on any atom is 1.00 e. The number of halogens is 4. The Hall–Kier alpha value is 4.53. The van der Waals surface area contributed by atoms with Crippen molar-refractivity contribution in [1.29, 1.82) is 0 Å². The molecule has 0 aromatic rings. The number of rotatable bonds is 27. The van der Waals surface area contributed by atoms with Crippen LogP contribution in [0.2, 0.25) is 0 Å². The summed E-state index contributed by atoms with van der Waals surface area (Å²) in [5.41, 5.74) is 0. The van der Waals surface area contributed by atoms with Crippen LogP contribution >= 0.6 is 67.5 Å². The average Bonchev–Trinajstić information content (AvgIpc) is 2.90. The first-order valence-electron chi connectivity index (χ1n) is 13.7. The number of carbonyl (C=O) groups excluding carboxylic acids is 1. The molecule has 3 atom stereocenters. The molecule has 0 amide bonds. The summed E-state index contributed by atoms with van der Waals surface area (Å²) < 4.78 is 64.4. The first kappa shape index (κ1) is 67.6. The molecule has 274 valence electrons. The van der Waals surface area contributed by atoms with Crippen LogP contribution in [-0.4, -0.2) is 128 Å². The van der Waals surface area contributed by atoms with Gasteiger partial charge in [0.05, 0.1) is 77.9 Å². The van der Waals surface area contributed by atoms with Crippen molar-refractivity contribution in [3.63, 3.8) is 0 Å². The van der Waals surface area contributed by atoms with Crippen molar-refractivity contribution in [2.24, 2.45) is 0 Å². The van der Waals surface area contributed by atoms with Gasteiger partial charge in [-0.3, -0.25) is 4.18 Å². The Labute approximate surface area is 385 Å². The molecule has 0 aromatic heterocycles. The summed E-state index contributed by atoms with van der Waals surface area (Å²) in [4.78, 5) is 9.83. The fraction of sp³-hybridized carbons (Fsp3) is 0.962. The van der Waals surface area contributed by atoms with E-state index in [0.717, 1.165) is 60.7 Å². The van der Waals surface area contributed by atoms with Crippen molar-refractivity contribution in [3.8, 4) is 0 Å². The molecule has 0 aromatic carbocycles. The average molecular weight is 1250 g/mol. The van der Waals surface area contributed by atoms with E-state index in [2.05, 4.69) is 56.3 Å². The minimum Gasteiger partial charge on any atom is -1.00 e. The fourth-order valence-electron chi connectivity index (χ4n) is 2.47. The molecular formula is C26H58ClI3KO11PSW. The molecule has 11 nitrogen and oxygen atoms in total. The predicted octanol–water partition coefficient (Wildman–Crippen LogP) is -1.41. The normalized spacial score (nSPS) is 11.2. The Morgan fingerprint density at radius 2 is 1.00 bits per heavy atom. The number of hydrogen-bond donors (Lipinski definition) is 0. The van der Waals surface area contributed by atoms with Crippen LogP contribution in [-0.2, 0) is 73.3 Å². The molecule has 0 spiro atoms. The first-order chi connectivity index (χ1) is 19.2. The molecule has 0 aliphatic rings. The molecule has 0 saturated carbocycles. The molecule has 0 heterocycles. The second kappa shape index (κ2) is 57.9. The predicted molar refractivity (Wildman–Crippen MR) is 193 cm³/mol. The Morgan fingerprint density at radius 3 is 1.31 bits per heavy atom. The maximum atomic E-state index is 10.6. The van der Waals surface area contributed by atoms with E-state index in [9.17, 15) is 13.2 Å². The molecule has 0 saturated heterocycles. The maximum absolute atomic E-state index is 10.6. The molecule has 0 N–H and O–H groups in total. The molecule has 0 bridgehead atoms. The van der Waals surface area contributed by atoms with Crippen molar-refractivity contribution >= 4 is 83.9 Å². The van der Waals surface area contributed by atoms with Crippen molar-refractivity contribution in [1.82, 2.24) is 0 Å². The number of carbonyl (C=O) groups is 1. The van der Waals surface area contributed by atoms with Crippen molar-refractivity contribution in [2.45, 2.75) is 59.2 Å². The van der Waals surface area contributed by atoms with Gasteiger partial charge in [-0.1, -0.05) is 45.2 Å². The van der Waals surface area contributed by atoms with E-state index < -0.39 is 10.1 Å². The summed E-state index contributed by atoms with van der Waals surface area (Å²) in [6, 6.07) is 0. The van der Waals surface area contributed by atoms with Crippen LogP contribution in [0.3, 0.4) is 0 Å². The standard InChI is InChI=1S/C10H21IO3.C9H20O5S.C7H13IO3.ClH.HI.K.H3P.W/c1-3-14-10(2)4-6-12-8-9-13-7-5-11;1-4-13-9(2)5-6-12-7-8-14-15(3,10)11;8-2-5-11-7-6-10-4-1-3-9;;;;;/h10H,3-9H2,1-2H3;9H,4-8H2,1-3H3;3H,1-2,4-7H2;2*1H;;1H3;/q;;;;;+1;;/p-1. The molecule has 0 radical (unpaired) electrons. The Morgan fingerprint density at radius 1 is 0.667 bits per heavy atom. The number of hydrogen-bond acceptors (Lipinski definition) is 11. The van der Waals surface area contributed by atoms with Gasteiger partial charge in [0.25, 0.3) is 10.1 Å². The van der Waals surface area contributed by atoms with E-state index in [1.165, 1.54) is 0 Å². The van der Waals surface area contributed by atoms with Gasteiger partial charge in [0, 0.05) is 62.8 Å². The summed E-state index contributed by atoms with van der Waals surface area (Å²) >= 11 is 4.54. The quantitative estimate of drug-likeness (QED) is 0.0184. The molecule has 0 fully saturated rings. The minimum absolute atomic E-state index is 0. The summed E-state index contributed by atoms with van der Waals surface area (Å²) in [5, 5.41) is 0. The summed E-state index contributed by atoms with van der Waals surface area (Å²) in [6.07, 6.45) is 4.58. The van der Waals surface area contributed by atoms with E-state index in [1.807, 2.05) is 20.8 Å². The number of alkyl halides is 2. The Bertz CT molecular complexity index is 618. The fourth-order valence-corrected chi connectivity index (χ4v) is 3.46. The molecule has 0 rings (SSSR count). The zero-order valence-corrected chi connectivity index (χ0v) is 43.6. The van der Waals surface area contributed by atoms with Gasteiger partial charge in [0.2, 0.25) is 0 Å². The van der Waals surface area contributed by atoms with Gasteiger partial charge < -0.3 is 61.9 Å². The summed E-state index contributed by atoms with van der Waals surface area (Å²) in [7, 11) is -3.34. The van der Waals surface area contributed by atoms with Gasteiger partial charge in [-0.25, -0.2) is 0 Å². The third kappa shape index (κ3) is 74.6. The van der Waals surface area contributed by atoms with Crippen LogP contribution in [0, 0.1) is 0 Å². The topological polar surface area (TPSA) is 125 Å². The molecular weight excluding hydrogens is 1190 g/mol. The van der Waals surface area contributed by atoms with Gasteiger partial charge in [-0.15, -0.1) is 12.4 Å². The number of aldehydes is 1. The van der Waals surface area contributed by atoms with Crippen LogP contribution in [0.4, 0.5) is 0 Å². The smallest absolute Gasteiger partial charge is 1.00 e. The summed E-state index contributed by atoms with van der Waals surface area (Å²) in [6.45, 7) is 15.8. The zero-order chi connectivity index (χ0) is 30.7. The van der Waals surface area contributed by atoms with Gasteiger partial charge >= 0.3 is 51.4 Å². The van der Waals surface area contributed by atoms with Crippen LogP contribution in [0.25, 0.3) is 0 Å². The molecule has 45 heavy (non-hydrogen) atoms. The van der Waals surface area contributed by atoms with Crippen LogP contribution in [0.15, 0.2) is 0 Å². The first-order valence-corrected chi connectivity index (χ1v) is 18.6. The minimum atomic E-state index is -3.34. The van der Waals surface area contributed by atoms with Crippen LogP contribution < -0.4 is 75.4 Å². The molecule has 0 aliphatic heterocycles. The summed E-state index contributed by atoms with van der Waals surface area (Å²) in [5.74, 6) is 0. The molecule has 3 unspecified atom stereocenters. The SMILES string of the molecule is CCOC(C)CCOCCOCCI.CCOC(C)CCOCCOS(C)(=O)=O.Cl.O=CCCOCCOCCI.P.[I-].[K+].[W]. The zero-order valence-electron chi connectivity index (χ0n) is 28.0. The van der Waals surface area contributed by atoms with E-state index in [-0.39, 0.29) is 138 Å². The van der Waals surface area contributed by atoms with Crippen molar-refractivity contribution < 1.29 is 147 Å². The largest absolute Gasteiger partial charge is 1.00 e. The van der Waals surface area contributed by atoms with E-state index in [4.69, 9.17) is 33.2 Å². The third-order valence-electron chi connectivity index (χ3n) is 4.33. The van der Waals surface area contributed by atoms with Crippen molar-refractivity contribution in [2.75, 3.05) is 101 Å². The van der Waals surface area contributed by atoms with Crippen LogP contribution in [0.1, 0.15) is 47.0 Å². The van der Waals surface area contributed by atoms with Gasteiger partial charge in [-0.05, 0) is 40.5 Å². The monoisotopic (exact) mass is 1250 g/mol. The second-order valence-corrected chi connectivity index (χ2v) is 11.8. The molecule has 0 aliphatic carbocycles. The Kier molecular flexibility index (Phi) is 87.0. The van der Waals surface area contributed by atoms with Crippen LogP contribution in [0.5, 0.6) is 0 Å². The molecule has 19 heteroatoms. The van der Waals surface area contributed by atoms with E-state index in [1.54, 1.807) is 0 Å². The number of ether oxygens (including phenoxy) is 7. The Balaban J connectivity index is -0.0000000728.